The molecule has 1 aromatic heterocycles. The number of halogens is 1. The summed E-state index contributed by atoms with van der Waals surface area (Å²) in [7, 11) is 0. The molecule has 1 N–H and O–H groups in total. The summed E-state index contributed by atoms with van der Waals surface area (Å²) >= 11 is 6.29. The van der Waals surface area contributed by atoms with E-state index in [4.69, 9.17) is 11.6 Å². The summed E-state index contributed by atoms with van der Waals surface area (Å²) < 4.78 is 0. The van der Waals surface area contributed by atoms with Crippen molar-refractivity contribution >= 4 is 34.1 Å². The van der Waals surface area contributed by atoms with Gasteiger partial charge >= 0.3 is 0 Å². The Morgan fingerprint density at radius 2 is 1.85 bits per heavy atom. The molecule has 0 aliphatic heterocycles. The molecule has 3 rings (SSSR count). The third-order valence-electron chi connectivity index (χ3n) is 5.24. The van der Waals surface area contributed by atoms with E-state index in [2.05, 4.69) is 36.3 Å². The van der Waals surface area contributed by atoms with E-state index in [0.29, 0.717) is 10.7 Å². The third kappa shape index (κ3) is 4.14. The van der Waals surface area contributed by atoms with Crippen molar-refractivity contribution in [1.82, 2.24) is 4.98 Å². The Morgan fingerprint density at radius 3 is 2.56 bits per heavy atom. The lowest BCUT2D eigenvalue weighted by Gasteiger charge is -2.31. The minimum Gasteiger partial charge on any atom is -0.324 e. The molecule has 3 nitrogen and oxygen atoms in total. The van der Waals surface area contributed by atoms with Crippen molar-refractivity contribution < 1.29 is 4.79 Å². The smallest absolute Gasteiger partial charge is 0.230 e. The fourth-order valence-electron chi connectivity index (χ4n) is 3.70. The summed E-state index contributed by atoms with van der Waals surface area (Å²) in [5.74, 6) is 0.0463. The quantitative estimate of drug-likeness (QED) is 0.525. The van der Waals surface area contributed by atoms with Gasteiger partial charge in [-0.25, -0.2) is 0 Å². The van der Waals surface area contributed by atoms with Crippen LogP contribution in [-0.2, 0) is 11.2 Å². The summed E-state index contributed by atoms with van der Waals surface area (Å²) in [6.07, 6.45) is 5.01. The highest BCUT2D eigenvalue weighted by atomic mass is 35.5. The maximum Gasteiger partial charge on any atom is 0.230 e. The Morgan fingerprint density at radius 1 is 1.07 bits per heavy atom. The molecule has 3 aromatic rings. The highest BCUT2D eigenvalue weighted by Crippen LogP contribution is 2.35. The molecule has 1 atom stereocenters. The van der Waals surface area contributed by atoms with E-state index in [9.17, 15) is 4.79 Å². The van der Waals surface area contributed by atoms with Crippen molar-refractivity contribution in [3.63, 3.8) is 0 Å². The fourth-order valence-corrected chi connectivity index (χ4v) is 3.92. The van der Waals surface area contributed by atoms with E-state index in [0.717, 1.165) is 36.6 Å². The van der Waals surface area contributed by atoms with Gasteiger partial charge in [-0.15, -0.1) is 0 Å². The number of anilines is 1. The molecule has 0 aliphatic carbocycles. The predicted molar refractivity (Wildman–Crippen MR) is 113 cm³/mol. The predicted octanol–water partition coefficient (Wildman–Crippen LogP) is 6.27. The van der Waals surface area contributed by atoms with Crippen LogP contribution in [0.4, 0.5) is 5.69 Å². The van der Waals surface area contributed by atoms with Gasteiger partial charge in [0.15, 0.2) is 0 Å². The molecule has 0 aliphatic rings. The minimum atomic E-state index is -0.448. The van der Waals surface area contributed by atoms with Gasteiger partial charge < -0.3 is 5.32 Å². The SMILES string of the molecule is CCCC(CC)(Cc1ccccc1)C(=O)Nc1ccc(Cl)c2cccnc12. The topological polar surface area (TPSA) is 42.0 Å². The van der Waals surface area contributed by atoms with E-state index < -0.39 is 5.41 Å². The Kier molecular flexibility index (Phi) is 6.12. The molecule has 2 aromatic carbocycles. The maximum absolute atomic E-state index is 13.4. The number of benzene rings is 2. The lowest BCUT2D eigenvalue weighted by atomic mass is 9.74. The number of nitrogens with one attached hydrogen (secondary N) is 1. The van der Waals surface area contributed by atoms with Gasteiger partial charge in [0.05, 0.1) is 21.6 Å². The third-order valence-corrected chi connectivity index (χ3v) is 5.57. The second-order valence-electron chi connectivity index (χ2n) is 6.99. The van der Waals surface area contributed by atoms with Gasteiger partial charge in [-0.05, 0) is 49.1 Å². The number of pyridine rings is 1. The van der Waals surface area contributed by atoms with Gasteiger partial charge in [0.1, 0.15) is 0 Å². The number of hydrogen-bond acceptors (Lipinski definition) is 2. The lowest BCUT2D eigenvalue weighted by molar-refractivity contribution is -0.126. The van der Waals surface area contributed by atoms with E-state index in [1.54, 1.807) is 6.20 Å². The molecule has 140 valence electrons. The Bertz CT molecular complexity index is 926. The first-order valence-electron chi connectivity index (χ1n) is 9.48. The molecular weight excluding hydrogens is 356 g/mol. The number of carbonyl (C=O) groups is 1. The Labute approximate surface area is 165 Å². The second kappa shape index (κ2) is 8.53. The molecule has 0 saturated heterocycles. The highest BCUT2D eigenvalue weighted by molar-refractivity contribution is 6.36. The molecule has 0 bridgehead atoms. The number of aromatic nitrogens is 1. The van der Waals surface area contributed by atoms with Gasteiger partial charge in [-0.1, -0.05) is 62.2 Å². The molecule has 1 heterocycles. The first-order chi connectivity index (χ1) is 13.1. The van der Waals surface area contributed by atoms with Crippen molar-refractivity contribution in [1.29, 1.82) is 0 Å². The van der Waals surface area contributed by atoms with Crippen molar-refractivity contribution in [3.05, 3.63) is 71.4 Å². The van der Waals surface area contributed by atoms with Gasteiger partial charge in [-0.3, -0.25) is 9.78 Å². The van der Waals surface area contributed by atoms with Gasteiger partial charge in [0.25, 0.3) is 0 Å². The molecule has 0 saturated carbocycles. The first-order valence-corrected chi connectivity index (χ1v) is 9.86. The number of carbonyl (C=O) groups excluding carboxylic acids is 1. The first kappa shape index (κ1) is 19.4. The summed E-state index contributed by atoms with van der Waals surface area (Å²) in [5, 5.41) is 4.63. The standard InChI is InChI=1S/C23H25ClN2O/c1-3-14-23(4-2,16-17-9-6-5-7-10-17)22(27)26-20-13-12-19(24)18-11-8-15-25-21(18)20/h5-13,15H,3-4,14,16H2,1-2H3,(H,26,27). The van der Waals surface area contributed by atoms with Crippen LogP contribution in [0.25, 0.3) is 10.9 Å². The zero-order chi connectivity index (χ0) is 19.3. The fraction of sp³-hybridized carbons (Fsp3) is 0.304. The normalized spacial score (nSPS) is 13.3. The van der Waals surface area contributed by atoms with Crippen LogP contribution in [0, 0.1) is 5.41 Å². The summed E-state index contributed by atoms with van der Waals surface area (Å²) in [4.78, 5) is 17.9. The maximum atomic E-state index is 13.4. The number of hydrogen-bond donors (Lipinski definition) is 1. The summed E-state index contributed by atoms with van der Waals surface area (Å²) in [5.41, 5.74) is 2.17. The number of amides is 1. The molecule has 0 fully saturated rings. The number of fused-ring (bicyclic) bond motifs is 1. The highest BCUT2D eigenvalue weighted by Gasteiger charge is 2.36. The van der Waals surface area contributed by atoms with Crippen LogP contribution in [0.1, 0.15) is 38.7 Å². The molecule has 4 heteroatoms. The van der Waals surface area contributed by atoms with Crippen LogP contribution in [0.2, 0.25) is 5.02 Å². The molecule has 1 amide bonds. The second-order valence-corrected chi connectivity index (χ2v) is 7.40. The van der Waals surface area contributed by atoms with Crippen molar-refractivity contribution in [2.75, 3.05) is 5.32 Å². The number of rotatable bonds is 7. The molecule has 1 unspecified atom stereocenters. The average molecular weight is 381 g/mol. The number of nitrogens with zero attached hydrogens (tertiary/aromatic N) is 1. The van der Waals surface area contributed by atoms with Crippen LogP contribution in [0.3, 0.4) is 0 Å². The van der Waals surface area contributed by atoms with E-state index in [1.807, 2.05) is 42.5 Å². The van der Waals surface area contributed by atoms with Crippen molar-refractivity contribution in [2.24, 2.45) is 5.41 Å². The largest absolute Gasteiger partial charge is 0.324 e. The lowest BCUT2D eigenvalue weighted by Crippen LogP contribution is -2.38. The summed E-state index contributed by atoms with van der Waals surface area (Å²) in [6, 6.07) is 17.6. The van der Waals surface area contributed by atoms with Crippen LogP contribution in [0.15, 0.2) is 60.8 Å². The van der Waals surface area contributed by atoms with Crippen molar-refractivity contribution in [2.45, 2.75) is 39.5 Å². The van der Waals surface area contributed by atoms with Gasteiger partial charge in [0.2, 0.25) is 5.91 Å². The van der Waals surface area contributed by atoms with E-state index in [1.165, 1.54) is 5.56 Å². The molecular formula is C23H25ClN2O. The van der Waals surface area contributed by atoms with Crippen LogP contribution in [0.5, 0.6) is 0 Å². The van der Waals surface area contributed by atoms with Crippen LogP contribution < -0.4 is 5.32 Å². The van der Waals surface area contributed by atoms with Crippen molar-refractivity contribution in [3.8, 4) is 0 Å². The summed E-state index contributed by atoms with van der Waals surface area (Å²) in [6.45, 7) is 4.22. The monoisotopic (exact) mass is 380 g/mol. The average Bonchev–Trinajstić information content (AvgIpc) is 2.70. The zero-order valence-corrected chi connectivity index (χ0v) is 16.6. The molecule has 0 radical (unpaired) electrons. The minimum absolute atomic E-state index is 0.0463. The zero-order valence-electron chi connectivity index (χ0n) is 15.8. The molecule has 27 heavy (non-hydrogen) atoms. The Balaban J connectivity index is 1.94. The van der Waals surface area contributed by atoms with E-state index in [-0.39, 0.29) is 5.91 Å². The molecule has 0 spiro atoms. The van der Waals surface area contributed by atoms with Gasteiger partial charge in [0, 0.05) is 11.6 Å². The Hall–Kier alpha value is -2.39. The van der Waals surface area contributed by atoms with Crippen LogP contribution in [-0.4, -0.2) is 10.9 Å². The van der Waals surface area contributed by atoms with Gasteiger partial charge in [-0.2, -0.15) is 0 Å². The van der Waals surface area contributed by atoms with Crippen LogP contribution >= 0.6 is 11.6 Å². The van der Waals surface area contributed by atoms with E-state index >= 15 is 0 Å².